The number of nitrogens with zero attached hydrogens (tertiary/aromatic N) is 3. The van der Waals surface area contributed by atoms with Crippen LogP contribution in [0.4, 0.5) is 4.79 Å². The third-order valence-corrected chi connectivity index (χ3v) is 5.09. The highest BCUT2D eigenvalue weighted by Crippen LogP contribution is 2.17. The molecule has 2 aromatic heterocycles. The van der Waals surface area contributed by atoms with Crippen LogP contribution in [0.5, 0.6) is 0 Å². The first-order chi connectivity index (χ1) is 15.4. The molecule has 3 rings (SSSR count). The third-order valence-electron chi connectivity index (χ3n) is 5.09. The quantitative estimate of drug-likeness (QED) is 0.438. The zero-order valence-corrected chi connectivity index (χ0v) is 18.5. The van der Waals surface area contributed by atoms with Gasteiger partial charge in [-0.1, -0.05) is 24.3 Å². The van der Waals surface area contributed by atoms with Crippen LogP contribution in [0.1, 0.15) is 45.4 Å². The Morgan fingerprint density at radius 2 is 1.78 bits per heavy atom. The average molecular weight is 434 g/mol. The van der Waals surface area contributed by atoms with Gasteiger partial charge in [-0.25, -0.2) is 4.79 Å². The van der Waals surface area contributed by atoms with E-state index in [2.05, 4.69) is 19.9 Å². The summed E-state index contributed by atoms with van der Waals surface area (Å²) < 4.78 is 6.87. The van der Waals surface area contributed by atoms with Gasteiger partial charge in [0.25, 0.3) is 5.91 Å². The topological polar surface area (TPSA) is 112 Å². The summed E-state index contributed by atoms with van der Waals surface area (Å²) in [6.45, 7) is 6.92. The van der Waals surface area contributed by atoms with Gasteiger partial charge in [-0.05, 0) is 50.1 Å². The Morgan fingerprint density at radius 1 is 1.09 bits per heavy atom. The largest absolute Gasteiger partial charge is 0.448 e. The molecule has 3 aromatic rings. The van der Waals surface area contributed by atoms with Crippen LogP contribution < -0.4 is 11.1 Å². The average Bonchev–Trinajstić information content (AvgIpc) is 3.07. The fourth-order valence-corrected chi connectivity index (χ4v) is 3.33. The van der Waals surface area contributed by atoms with E-state index in [1.165, 1.54) is 0 Å². The molecule has 2 heterocycles. The van der Waals surface area contributed by atoms with Gasteiger partial charge in [-0.2, -0.15) is 4.99 Å². The summed E-state index contributed by atoms with van der Waals surface area (Å²) in [4.78, 5) is 31.9. The maximum atomic E-state index is 12.8. The minimum absolute atomic E-state index is 0.0840. The Morgan fingerprint density at radius 3 is 2.44 bits per heavy atom. The van der Waals surface area contributed by atoms with E-state index in [1.807, 2.05) is 44.2 Å². The molecule has 0 radical (unpaired) electrons. The summed E-state index contributed by atoms with van der Waals surface area (Å²) in [7, 11) is 0. The lowest BCUT2D eigenvalue weighted by Gasteiger charge is -2.10. The number of hydrogen-bond donors (Lipinski definition) is 2. The summed E-state index contributed by atoms with van der Waals surface area (Å²) in [6, 6.07) is 13.0. The summed E-state index contributed by atoms with van der Waals surface area (Å²) >= 11 is 0. The molecule has 8 nitrogen and oxygen atoms in total. The van der Waals surface area contributed by atoms with Crippen LogP contribution in [0.25, 0.3) is 0 Å². The number of benzene rings is 1. The van der Waals surface area contributed by atoms with Crippen molar-refractivity contribution >= 4 is 17.8 Å². The number of aliphatic imine (C=N–C) groups is 1. The summed E-state index contributed by atoms with van der Waals surface area (Å²) in [5.41, 5.74) is 11.0. The first kappa shape index (κ1) is 22.7. The van der Waals surface area contributed by atoms with Gasteiger partial charge in [0.1, 0.15) is 5.84 Å². The third kappa shape index (κ3) is 5.60. The highest BCUT2D eigenvalue weighted by atomic mass is 16.5. The number of nitrogens with two attached hydrogens (primary N) is 1. The second-order valence-electron chi connectivity index (χ2n) is 7.30. The summed E-state index contributed by atoms with van der Waals surface area (Å²) in [5.74, 6) is -0.0489. The number of rotatable bonds is 7. The molecule has 0 saturated heterocycles. The van der Waals surface area contributed by atoms with Gasteiger partial charge in [0, 0.05) is 42.4 Å². The van der Waals surface area contributed by atoms with E-state index in [4.69, 9.17) is 10.5 Å². The van der Waals surface area contributed by atoms with Gasteiger partial charge in [-0.3, -0.25) is 9.78 Å². The van der Waals surface area contributed by atoms with Gasteiger partial charge in [0.15, 0.2) is 0 Å². The molecule has 166 valence electrons. The molecule has 0 unspecified atom stereocenters. The van der Waals surface area contributed by atoms with E-state index < -0.39 is 6.09 Å². The van der Waals surface area contributed by atoms with E-state index in [9.17, 15) is 9.59 Å². The van der Waals surface area contributed by atoms with Crippen LogP contribution in [0.3, 0.4) is 0 Å². The number of aromatic nitrogens is 2. The van der Waals surface area contributed by atoms with Gasteiger partial charge in [0.05, 0.1) is 12.2 Å². The maximum absolute atomic E-state index is 12.8. The zero-order chi connectivity index (χ0) is 23.1. The molecule has 0 aliphatic heterocycles. The molecule has 0 aliphatic carbocycles. The number of hydrogen-bond acceptors (Lipinski definition) is 4. The molecule has 32 heavy (non-hydrogen) atoms. The lowest BCUT2D eigenvalue weighted by Crippen LogP contribution is -2.23. The Kier molecular flexibility index (Phi) is 7.38. The Labute approximate surface area is 187 Å². The molecule has 3 N–H and O–H groups in total. The van der Waals surface area contributed by atoms with Crippen LogP contribution in [0.15, 0.2) is 59.9 Å². The Bertz CT molecular complexity index is 1120. The molecule has 0 saturated carbocycles. The number of ether oxygens (including phenoxy) is 1. The number of pyridine rings is 1. The van der Waals surface area contributed by atoms with Crippen LogP contribution >= 0.6 is 0 Å². The van der Waals surface area contributed by atoms with E-state index in [0.29, 0.717) is 24.2 Å². The van der Waals surface area contributed by atoms with Crippen molar-refractivity contribution in [2.75, 3.05) is 6.61 Å². The van der Waals surface area contributed by atoms with Crippen molar-refractivity contribution in [2.45, 2.75) is 33.9 Å². The number of amides is 2. The predicted molar refractivity (Wildman–Crippen MR) is 123 cm³/mol. The highest BCUT2D eigenvalue weighted by molar-refractivity contribution is 6.02. The molecule has 0 atom stereocenters. The molecule has 0 bridgehead atoms. The lowest BCUT2D eigenvalue weighted by molar-refractivity contribution is 0.0950. The van der Waals surface area contributed by atoms with Crippen molar-refractivity contribution in [3.05, 3.63) is 88.5 Å². The van der Waals surface area contributed by atoms with Crippen LogP contribution in [-0.4, -0.2) is 34.0 Å². The van der Waals surface area contributed by atoms with Crippen molar-refractivity contribution in [3.8, 4) is 0 Å². The fourth-order valence-electron chi connectivity index (χ4n) is 3.33. The van der Waals surface area contributed by atoms with Gasteiger partial charge < -0.3 is 20.4 Å². The van der Waals surface area contributed by atoms with Gasteiger partial charge in [-0.15, -0.1) is 0 Å². The number of carbonyl (C=O) groups is 2. The molecule has 8 heteroatoms. The monoisotopic (exact) mass is 433 g/mol. The summed E-state index contributed by atoms with van der Waals surface area (Å²) in [6.07, 6.45) is 2.81. The second kappa shape index (κ2) is 10.4. The minimum atomic E-state index is -0.720. The standard InChI is InChI=1S/C24H27N5O3/c1-4-32-24(31)28-22(25)20-7-5-18(6-8-20)14-27-23(30)21-13-16(2)29(17(21)3)15-19-9-11-26-12-10-19/h5-13H,4,14-15H2,1-3H3,(H,27,30)(H2,25,28,31). The number of aryl methyl sites for hydroxylation is 1. The normalized spacial score (nSPS) is 11.3. The molecule has 0 aliphatic rings. The molecule has 0 fully saturated rings. The predicted octanol–water partition coefficient (Wildman–Crippen LogP) is 3.34. The van der Waals surface area contributed by atoms with Crippen LogP contribution in [0.2, 0.25) is 0 Å². The van der Waals surface area contributed by atoms with E-state index >= 15 is 0 Å². The van der Waals surface area contributed by atoms with Crippen molar-refractivity contribution in [1.82, 2.24) is 14.9 Å². The smallest absolute Gasteiger partial charge is 0.435 e. The van der Waals surface area contributed by atoms with E-state index in [1.54, 1.807) is 31.5 Å². The lowest BCUT2D eigenvalue weighted by atomic mass is 10.1. The fraction of sp³-hybridized carbons (Fsp3) is 0.250. The Hall–Kier alpha value is -3.94. The molecule has 1 aromatic carbocycles. The minimum Gasteiger partial charge on any atom is -0.448 e. The number of amidine groups is 1. The molecule has 2 amide bonds. The first-order valence-corrected chi connectivity index (χ1v) is 10.3. The van der Waals surface area contributed by atoms with Crippen LogP contribution in [0, 0.1) is 13.8 Å². The van der Waals surface area contributed by atoms with Crippen molar-refractivity contribution in [1.29, 1.82) is 0 Å². The van der Waals surface area contributed by atoms with Crippen molar-refractivity contribution in [2.24, 2.45) is 10.7 Å². The maximum Gasteiger partial charge on any atom is 0.435 e. The zero-order valence-electron chi connectivity index (χ0n) is 18.5. The first-order valence-electron chi connectivity index (χ1n) is 10.3. The van der Waals surface area contributed by atoms with Crippen molar-refractivity contribution < 1.29 is 14.3 Å². The molecule has 0 spiro atoms. The van der Waals surface area contributed by atoms with Gasteiger partial charge in [0.2, 0.25) is 0 Å². The number of nitrogens with one attached hydrogen (secondary N) is 1. The highest BCUT2D eigenvalue weighted by Gasteiger charge is 2.16. The van der Waals surface area contributed by atoms with E-state index in [-0.39, 0.29) is 18.3 Å². The second-order valence-corrected chi connectivity index (χ2v) is 7.30. The van der Waals surface area contributed by atoms with Crippen LogP contribution in [-0.2, 0) is 17.8 Å². The number of carbonyl (C=O) groups excluding carboxylic acids is 2. The molecular weight excluding hydrogens is 406 g/mol. The SMILES string of the molecule is CCOC(=O)/N=C(\N)c1ccc(CNC(=O)c2cc(C)n(Cc3ccncc3)c2C)cc1. The molecular formula is C24H27N5O3. The van der Waals surface area contributed by atoms with Gasteiger partial charge >= 0.3 is 6.09 Å². The Balaban J connectivity index is 1.63. The van der Waals surface area contributed by atoms with Crippen molar-refractivity contribution in [3.63, 3.8) is 0 Å². The van der Waals surface area contributed by atoms with E-state index in [0.717, 1.165) is 22.5 Å². The summed E-state index contributed by atoms with van der Waals surface area (Å²) in [5, 5.41) is 2.96.